The van der Waals surface area contributed by atoms with E-state index < -0.39 is 26.9 Å². The number of ether oxygens (including phenoxy) is 1. The molecule has 1 amide bonds. The second-order valence-corrected chi connectivity index (χ2v) is 4.99. The van der Waals surface area contributed by atoms with Gasteiger partial charge in [-0.3, -0.25) is 0 Å². The minimum Gasteiger partial charge on any atom is -0.406 e. The summed E-state index contributed by atoms with van der Waals surface area (Å²) in [5.41, 5.74) is 0.0280. The molecule has 0 aliphatic carbocycles. The highest BCUT2D eigenvalue weighted by Gasteiger charge is 2.15. The Bertz CT molecular complexity index is 596. The highest BCUT2D eigenvalue weighted by atomic mass is 35.7. The van der Waals surface area contributed by atoms with Crippen molar-refractivity contribution in [2.45, 2.75) is 0 Å². The number of carbonyl (C=O) groups is 1. The van der Waals surface area contributed by atoms with Crippen molar-refractivity contribution in [1.82, 2.24) is 4.72 Å². The van der Waals surface area contributed by atoms with Crippen molar-refractivity contribution in [3.63, 3.8) is 0 Å². The van der Waals surface area contributed by atoms with Crippen LogP contribution in [0.2, 0.25) is 0 Å². The quantitative estimate of drug-likeness (QED) is 0.822. The van der Waals surface area contributed by atoms with Gasteiger partial charge in [-0.15, -0.1) is 0 Å². The summed E-state index contributed by atoms with van der Waals surface area (Å²) in [4.78, 5) is 10.9. The fraction of sp³-hybridized carbons (Fsp3) is 0. The van der Waals surface area contributed by atoms with Gasteiger partial charge in [-0.25, -0.2) is 13.9 Å². The van der Waals surface area contributed by atoms with Crippen molar-refractivity contribution in [2.75, 3.05) is 0 Å². The second kappa shape index (κ2) is 4.99. The van der Waals surface area contributed by atoms with E-state index in [0.29, 0.717) is 0 Å². The van der Waals surface area contributed by atoms with Crippen LogP contribution in [-0.2, 0) is 9.24 Å². The fourth-order valence-electron chi connectivity index (χ4n) is 0.873. The van der Waals surface area contributed by atoms with Gasteiger partial charge >= 0.3 is 15.3 Å². The topological polar surface area (TPSA) is 96.3 Å². The minimum absolute atomic E-state index is 0.0280. The van der Waals surface area contributed by atoms with Crippen LogP contribution >= 0.6 is 10.7 Å². The Morgan fingerprint density at radius 1 is 1.53 bits per heavy atom. The maximum atomic E-state index is 13.2. The number of nitriles is 1. The van der Waals surface area contributed by atoms with Crippen LogP contribution in [0.15, 0.2) is 18.2 Å². The van der Waals surface area contributed by atoms with E-state index in [9.17, 15) is 17.6 Å². The SMILES string of the molecule is N#Cc1ccc(OC(=O)NS(=O)(=O)Cl)c(F)c1. The van der Waals surface area contributed by atoms with Gasteiger partial charge in [-0.05, 0) is 18.2 Å². The maximum Gasteiger partial charge on any atom is 0.427 e. The lowest BCUT2D eigenvalue weighted by Crippen LogP contribution is -2.29. The summed E-state index contributed by atoms with van der Waals surface area (Å²) in [5, 5.41) is 8.45. The summed E-state index contributed by atoms with van der Waals surface area (Å²) in [6.45, 7) is 0. The molecule has 1 aromatic rings. The minimum atomic E-state index is -4.30. The zero-order chi connectivity index (χ0) is 13.1. The van der Waals surface area contributed by atoms with Crippen molar-refractivity contribution in [3.8, 4) is 11.8 Å². The van der Waals surface area contributed by atoms with Gasteiger partial charge in [0.2, 0.25) is 0 Å². The zero-order valence-electron chi connectivity index (χ0n) is 7.98. The van der Waals surface area contributed by atoms with Gasteiger partial charge in [0.25, 0.3) is 0 Å². The lowest BCUT2D eigenvalue weighted by Gasteiger charge is -2.04. The van der Waals surface area contributed by atoms with E-state index in [1.165, 1.54) is 10.8 Å². The summed E-state index contributed by atoms with van der Waals surface area (Å²) < 4.78 is 39.7. The van der Waals surface area contributed by atoms with E-state index in [4.69, 9.17) is 15.9 Å². The third-order valence-electron chi connectivity index (χ3n) is 1.47. The molecule has 0 aromatic heterocycles. The van der Waals surface area contributed by atoms with Crippen LogP contribution in [0.3, 0.4) is 0 Å². The summed E-state index contributed by atoms with van der Waals surface area (Å²) in [6, 6.07) is 4.71. The molecule has 0 atom stereocenters. The van der Waals surface area contributed by atoms with Crippen molar-refractivity contribution >= 4 is 26.0 Å². The summed E-state index contributed by atoms with van der Waals surface area (Å²) in [7, 11) is 0.409. The van der Waals surface area contributed by atoms with Gasteiger partial charge in [-0.1, -0.05) is 0 Å². The smallest absolute Gasteiger partial charge is 0.406 e. The van der Waals surface area contributed by atoms with Gasteiger partial charge in [-0.2, -0.15) is 13.7 Å². The van der Waals surface area contributed by atoms with Crippen LogP contribution in [0, 0.1) is 17.1 Å². The average Bonchev–Trinajstić information content (AvgIpc) is 2.18. The van der Waals surface area contributed by atoms with E-state index in [1.807, 2.05) is 0 Å². The third kappa shape index (κ3) is 4.26. The van der Waals surface area contributed by atoms with Crippen molar-refractivity contribution in [3.05, 3.63) is 29.6 Å². The third-order valence-corrected chi connectivity index (χ3v) is 2.11. The number of benzene rings is 1. The largest absolute Gasteiger partial charge is 0.427 e. The Kier molecular flexibility index (Phi) is 3.88. The Morgan fingerprint density at radius 2 is 2.18 bits per heavy atom. The van der Waals surface area contributed by atoms with E-state index in [0.717, 1.165) is 12.1 Å². The standard InChI is InChI=1S/C8H4ClFN2O4S/c9-17(14,15)12-8(13)16-7-2-1-5(4-11)3-6(7)10/h1-3H,(H,12,13). The molecule has 1 aromatic carbocycles. The highest BCUT2D eigenvalue weighted by Crippen LogP contribution is 2.18. The molecule has 17 heavy (non-hydrogen) atoms. The number of nitrogens with zero attached hydrogens (tertiary/aromatic N) is 1. The van der Waals surface area contributed by atoms with Crippen LogP contribution in [-0.4, -0.2) is 14.5 Å². The number of hydrogen-bond donors (Lipinski definition) is 1. The number of rotatable bonds is 2. The normalized spacial score (nSPS) is 10.4. The molecule has 1 rings (SSSR count). The molecule has 9 heteroatoms. The summed E-state index contributed by atoms with van der Waals surface area (Å²) in [5.74, 6) is -1.51. The molecule has 0 fully saturated rings. The molecule has 0 spiro atoms. The van der Waals surface area contributed by atoms with Gasteiger partial charge < -0.3 is 4.74 Å². The highest BCUT2D eigenvalue weighted by molar-refractivity contribution is 8.12. The Morgan fingerprint density at radius 3 is 2.65 bits per heavy atom. The maximum absolute atomic E-state index is 13.2. The van der Waals surface area contributed by atoms with Crippen molar-refractivity contribution in [1.29, 1.82) is 5.26 Å². The Hall–Kier alpha value is -1.85. The van der Waals surface area contributed by atoms with E-state index >= 15 is 0 Å². The molecule has 0 heterocycles. The van der Waals surface area contributed by atoms with Crippen molar-refractivity contribution < 1.29 is 22.3 Å². The van der Waals surface area contributed by atoms with Crippen LogP contribution in [0.5, 0.6) is 5.75 Å². The van der Waals surface area contributed by atoms with Gasteiger partial charge in [0.15, 0.2) is 11.6 Å². The molecule has 1 N–H and O–H groups in total. The molecule has 0 aliphatic heterocycles. The van der Waals surface area contributed by atoms with Crippen molar-refractivity contribution in [2.24, 2.45) is 0 Å². The number of halogens is 2. The van der Waals surface area contributed by atoms with Crippen LogP contribution < -0.4 is 9.46 Å². The van der Waals surface area contributed by atoms with Gasteiger partial charge in [0, 0.05) is 10.7 Å². The molecular formula is C8H4ClFN2O4S. The van der Waals surface area contributed by atoms with Crippen LogP contribution in [0.4, 0.5) is 9.18 Å². The number of hydrogen-bond acceptors (Lipinski definition) is 5. The summed E-state index contributed by atoms with van der Waals surface area (Å²) in [6.07, 6.45) is -1.45. The first kappa shape index (κ1) is 13.2. The van der Waals surface area contributed by atoms with Crippen LogP contribution in [0.1, 0.15) is 5.56 Å². The van der Waals surface area contributed by atoms with Crippen LogP contribution in [0.25, 0.3) is 0 Å². The molecule has 0 aliphatic rings. The molecule has 90 valence electrons. The van der Waals surface area contributed by atoms with E-state index in [-0.39, 0.29) is 5.56 Å². The molecule has 6 nitrogen and oxygen atoms in total. The number of nitrogens with one attached hydrogen (secondary N) is 1. The fourth-order valence-corrected chi connectivity index (χ4v) is 1.30. The summed E-state index contributed by atoms with van der Waals surface area (Å²) >= 11 is 0. The first-order chi connectivity index (χ1) is 7.81. The monoisotopic (exact) mass is 278 g/mol. The lowest BCUT2D eigenvalue weighted by molar-refractivity contribution is 0.205. The zero-order valence-corrected chi connectivity index (χ0v) is 9.55. The second-order valence-electron chi connectivity index (χ2n) is 2.69. The molecule has 0 saturated carbocycles. The first-order valence-corrected chi connectivity index (χ1v) is 6.26. The molecule has 0 saturated heterocycles. The molecular weight excluding hydrogens is 275 g/mol. The predicted molar refractivity (Wildman–Crippen MR) is 55.0 cm³/mol. The average molecular weight is 279 g/mol. The Balaban J connectivity index is 2.83. The first-order valence-electron chi connectivity index (χ1n) is 3.95. The Labute approximate surface area is 100 Å². The van der Waals surface area contributed by atoms with Gasteiger partial charge in [0.1, 0.15) is 0 Å². The van der Waals surface area contributed by atoms with Gasteiger partial charge in [0.05, 0.1) is 11.6 Å². The lowest BCUT2D eigenvalue weighted by atomic mass is 10.2. The van der Waals surface area contributed by atoms with E-state index in [2.05, 4.69) is 4.74 Å². The number of carbonyl (C=O) groups excluding carboxylic acids is 1. The molecule has 0 bridgehead atoms. The number of amides is 1. The predicted octanol–water partition coefficient (Wildman–Crippen LogP) is 1.27. The van der Waals surface area contributed by atoms with E-state index in [1.54, 1.807) is 6.07 Å². The molecule has 0 radical (unpaired) electrons. The molecule has 0 unspecified atom stereocenters.